The second-order valence-electron chi connectivity index (χ2n) is 4.10. The average molecular weight is 229 g/mol. The van der Waals surface area contributed by atoms with Crippen molar-refractivity contribution in [3.8, 4) is 6.07 Å². The Morgan fingerprint density at radius 2 is 2.24 bits per heavy atom. The number of nitrogens with one attached hydrogen (secondary N) is 2. The molecule has 1 aliphatic rings. The molecular weight excluding hydrogens is 214 g/mol. The van der Waals surface area contributed by atoms with Crippen LogP contribution in [0, 0.1) is 11.3 Å². The highest BCUT2D eigenvalue weighted by atomic mass is 16.1. The van der Waals surface area contributed by atoms with Crippen molar-refractivity contribution >= 4 is 5.91 Å². The molecule has 0 spiro atoms. The van der Waals surface area contributed by atoms with Gasteiger partial charge in [0.25, 0.3) is 5.91 Å². The maximum atomic E-state index is 11.8. The number of rotatable bonds is 4. The van der Waals surface area contributed by atoms with E-state index in [0.29, 0.717) is 24.9 Å². The van der Waals surface area contributed by atoms with Gasteiger partial charge in [-0.2, -0.15) is 5.26 Å². The molecule has 0 saturated carbocycles. The summed E-state index contributed by atoms with van der Waals surface area (Å²) in [5, 5.41) is 14.4. The second-order valence-corrected chi connectivity index (χ2v) is 4.10. The molecule has 1 aliphatic heterocycles. The Hall–Kier alpha value is -1.86. The molecule has 0 bridgehead atoms. The molecule has 0 saturated heterocycles. The molecule has 2 rings (SSSR count). The SMILES string of the molecule is N#CCCCNC(=O)c1ccc2c(c1)CNC2. The zero-order valence-corrected chi connectivity index (χ0v) is 9.62. The van der Waals surface area contributed by atoms with Crippen molar-refractivity contribution in [3.05, 3.63) is 34.9 Å². The van der Waals surface area contributed by atoms with Crippen molar-refractivity contribution in [1.82, 2.24) is 10.6 Å². The van der Waals surface area contributed by atoms with E-state index in [-0.39, 0.29) is 5.91 Å². The summed E-state index contributed by atoms with van der Waals surface area (Å²) in [5.41, 5.74) is 3.17. The first kappa shape index (κ1) is 11.6. The standard InChI is InChI=1S/C13H15N3O/c14-5-1-2-6-16-13(17)10-3-4-11-8-15-9-12(11)7-10/h3-4,7,15H,1-2,6,8-9H2,(H,16,17). The maximum Gasteiger partial charge on any atom is 0.251 e. The number of unbranched alkanes of at least 4 members (excludes halogenated alkanes) is 1. The minimum absolute atomic E-state index is 0.0577. The molecule has 0 aliphatic carbocycles. The summed E-state index contributed by atoms with van der Waals surface area (Å²) in [5.74, 6) is -0.0577. The molecule has 0 atom stereocenters. The van der Waals surface area contributed by atoms with E-state index in [2.05, 4.69) is 16.7 Å². The third-order valence-electron chi connectivity index (χ3n) is 2.85. The molecule has 1 heterocycles. The first-order chi connectivity index (χ1) is 8.31. The summed E-state index contributed by atoms with van der Waals surface area (Å²) < 4.78 is 0. The molecule has 0 fully saturated rings. The van der Waals surface area contributed by atoms with Crippen molar-refractivity contribution in [2.45, 2.75) is 25.9 Å². The van der Waals surface area contributed by atoms with Crippen LogP contribution in [0.15, 0.2) is 18.2 Å². The van der Waals surface area contributed by atoms with Gasteiger partial charge in [0.2, 0.25) is 0 Å². The summed E-state index contributed by atoms with van der Waals surface area (Å²) in [6, 6.07) is 7.85. The summed E-state index contributed by atoms with van der Waals surface area (Å²) >= 11 is 0. The van der Waals surface area contributed by atoms with Gasteiger partial charge in [0, 0.05) is 31.6 Å². The van der Waals surface area contributed by atoms with Gasteiger partial charge in [-0.05, 0) is 29.7 Å². The van der Waals surface area contributed by atoms with Gasteiger partial charge >= 0.3 is 0 Å². The third-order valence-corrected chi connectivity index (χ3v) is 2.85. The van der Waals surface area contributed by atoms with E-state index in [1.54, 1.807) is 0 Å². The topological polar surface area (TPSA) is 64.9 Å². The van der Waals surface area contributed by atoms with Crippen LogP contribution in [0.4, 0.5) is 0 Å². The van der Waals surface area contributed by atoms with Crippen molar-refractivity contribution in [3.63, 3.8) is 0 Å². The van der Waals surface area contributed by atoms with Crippen molar-refractivity contribution in [2.75, 3.05) is 6.54 Å². The number of nitrogens with zero attached hydrogens (tertiary/aromatic N) is 1. The highest BCUT2D eigenvalue weighted by molar-refractivity contribution is 5.94. The quantitative estimate of drug-likeness (QED) is 0.765. The second kappa shape index (κ2) is 5.46. The molecule has 0 unspecified atom stereocenters. The number of nitriles is 1. The van der Waals surface area contributed by atoms with E-state index in [0.717, 1.165) is 13.1 Å². The fourth-order valence-electron chi connectivity index (χ4n) is 1.91. The van der Waals surface area contributed by atoms with E-state index in [9.17, 15) is 4.79 Å². The molecule has 4 heteroatoms. The zero-order chi connectivity index (χ0) is 12.1. The Labute approximate surface area is 101 Å². The van der Waals surface area contributed by atoms with Crippen molar-refractivity contribution in [2.24, 2.45) is 0 Å². The molecule has 1 aromatic rings. The van der Waals surface area contributed by atoms with Gasteiger partial charge in [0.1, 0.15) is 0 Å². The molecular formula is C13H15N3O. The van der Waals surface area contributed by atoms with E-state index >= 15 is 0 Å². The van der Waals surface area contributed by atoms with Gasteiger partial charge in [-0.25, -0.2) is 0 Å². The molecule has 4 nitrogen and oxygen atoms in total. The number of carbonyl (C=O) groups is 1. The molecule has 0 radical (unpaired) electrons. The minimum atomic E-state index is -0.0577. The fourth-order valence-corrected chi connectivity index (χ4v) is 1.91. The lowest BCUT2D eigenvalue weighted by Crippen LogP contribution is -2.24. The van der Waals surface area contributed by atoms with Gasteiger partial charge in [-0.1, -0.05) is 6.07 Å². The Kier molecular flexibility index (Phi) is 3.73. The van der Waals surface area contributed by atoms with Crippen molar-refractivity contribution < 1.29 is 4.79 Å². The van der Waals surface area contributed by atoms with E-state index in [1.807, 2.05) is 18.2 Å². The predicted octanol–water partition coefficient (Wildman–Crippen LogP) is 1.32. The van der Waals surface area contributed by atoms with Crippen LogP contribution in [-0.2, 0) is 13.1 Å². The number of hydrogen-bond acceptors (Lipinski definition) is 3. The van der Waals surface area contributed by atoms with Crippen LogP contribution >= 0.6 is 0 Å². The number of carbonyl (C=O) groups excluding carboxylic acids is 1. The molecule has 1 aromatic carbocycles. The Bertz CT molecular complexity index is 462. The summed E-state index contributed by atoms with van der Waals surface area (Å²) in [6.07, 6.45) is 1.18. The maximum absolute atomic E-state index is 11.8. The number of hydrogen-bond donors (Lipinski definition) is 2. The summed E-state index contributed by atoms with van der Waals surface area (Å²) in [7, 11) is 0. The normalized spacial score (nSPS) is 12.9. The fraction of sp³-hybridized carbons (Fsp3) is 0.385. The van der Waals surface area contributed by atoms with Gasteiger partial charge in [-0.15, -0.1) is 0 Å². The van der Waals surface area contributed by atoms with Crippen LogP contribution in [0.25, 0.3) is 0 Å². The number of benzene rings is 1. The van der Waals surface area contributed by atoms with E-state index < -0.39 is 0 Å². The lowest BCUT2D eigenvalue weighted by Gasteiger charge is -2.05. The Morgan fingerprint density at radius 3 is 3.06 bits per heavy atom. The summed E-state index contributed by atoms with van der Waals surface area (Å²) in [6.45, 7) is 2.28. The van der Waals surface area contributed by atoms with Crippen LogP contribution in [0.1, 0.15) is 34.3 Å². The van der Waals surface area contributed by atoms with Crippen LogP contribution in [0.5, 0.6) is 0 Å². The van der Waals surface area contributed by atoms with Crippen LogP contribution in [-0.4, -0.2) is 12.5 Å². The smallest absolute Gasteiger partial charge is 0.251 e. The van der Waals surface area contributed by atoms with Crippen molar-refractivity contribution in [1.29, 1.82) is 5.26 Å². The molecule has 2 N–H and O–H groups in total. The Balaban J connectivity index is 1.93. The minimum Gasteiger partial charge on any atom is -0.352 e. The molecule has 17 heavy (non-hydrogen) atoms. The van der Waals surface area contributed by atoms with Gasteiger partial charge in [0.05, 0.1) is 6.07 Å². The van der Waals surface area contributed by atoms with Crippen LogP contribution in [0.3, 0.4) is 0 Å². The summed E-state index contributed by atoms with van der Waals surface area (Å²) in [4.78, 5) is 11.8. The lowest BCUT2D eigenvalue weighted by atomic mass is 10.1. The number of amides is 1. The van der Waals surface area contributed by atoms with Crippen LogP contribution < -0.4 is 10.6 Å². The first-order valence-electron chi connectivity index (χ1n) is 5.79. The molecule has 0 aromatic heterocycles. The first-order valence-corrected chi connectivity index (χ1v) is 5.79. The van der Waals surface area contributed by atoms with Gasteiger partial charge < -0.3 is 10.6 Å². The molecule has 1 amide bonds. The Morgan fingerprint density at radius 1 is 1.41 bits per heavy atom. The monoisotopic (exact) mass is 229 g/mol. The van der Waals surface area contributed by atoms with Gasteiger partial charge in [-0.3, -0.25) is 4.79 Å². The third kappa shape index (κ3) is 2.83. The molecule has 88 valence electrons. The number of fused-ring (bicyclic) bond motifs is 1. The predicted molar refractivity (Wildman–Crippen MR) is 64.2 cm³/mol. The van der Waals surface area contributed by atoms with Crippen LogP contribution in [0.2, 0.25) is 0 Å². The lowest BCUT2D eigenvalue weighted by molar-refractivity contribution is 0.0953. The van der Waals surface area contributed by atoms with E-state index in [4.69, 9.17) is 5.26 Å². The average Bonchev–Trinajstić information content (AvgIpc) is 2.81. The highest BCUT2D eigenvalue weighted by Crippen LogP contribution is 2.16. The van der Waals surface area contributed by atoms with E-state index in [1.165, 1.54) is 11.1 Å². The largest absolute Gasteiger partial charge is 0.352 e. The van der Waals surface area contributed by atoms with Gasteiger partial charge in [0.15, 0.2) is 0 Å². The zero-order valence-electron chi connectivity index (χ0n) is 9.62. The highest BCUT2D eigenvalue weighted by Gasteiger charge is 2.12.